The highest BCUT2D eigenvalue weighted by Crippen LogP contribution is 2.34. The largest absolute Gasteiger partial charge is 0.345 e. The van der Waals surface area contributed by atoms with Gasteiger partial charge in [0.05, 0.1) is 17.1 Å². The summed E-state index contributed by atoms with van der Waals surface area (Å²) in [5, 5.41) is 0.482. The van der Waals surface area contributed by atoms with Crippen LogP contribution in [0.2, 0.25) is 5.02 Å². The van der Waals surface area contributed by atoms with E-state index in [0.29, 0.717) is 17.1 Å². The van der Waals surface area contributed by atoms with E-state index < -0.39 is 0 Å². The lowest BCUT2D eigenvalue weighted by atomic mass is 10.1. The predicted octanol–water partition coefficient (Wildman–Crippen LogP) is 6.39. The number of para-hydroxylation sites is 1. The number of benzene rings is 2. The molecule has 0 N–H and O–H groups in total. The molecule has 0 bridgehead atoms. The van der Waals surface area contributed by atoms with Crippen LogP contribution in [-0.2, 0) is 13.1 Å². The van der Waals surface area contributed by atoms with Gasteiger partial charge < -0.3 is 9.47 Å². The van der Waals surface area contributed by atoms with Gasteiger partial charge in [0.1, 0.15) is 0 Å². The average Bonchev–Trinajstić information content (AvgIpc) is 3.32. The Morgan fingerprint density at radius 3 is 2.66 bits per heavy atom. The summed E-state index contributed by atoms with van der Waals surface area (Å²) < 4.78 is 2.19. The smallest absolute Gasteiger partial charge is 0.260 e. The van der Waals surface area contributed by atoms with E-state index in [-0.39, 0.29) is 5.91 Å². The maximum absolute atomic E-state index is 13.6. The summed E-state index contributed by atoms with van der Waals surface area (Å²) in [6.07, 6.45) is 2.06. The third-order valence-corrected chi connectivity index (χ3v) is 6.70. The number of nitrogens with zero attached hydrogens (tertiary/aromatic N) is 2. The first-order chi connectivity index (χ1) is 14.1. The second kappa shape index (κ2) is 7.21. The number of fused-ring (bicyclic) bond motifs is 2. The normalized spacial score (nSPS) is 13.0. The Kier molecular flexibility index (Phi) is 4.53. The Hall–Kier alpha value is -2.82. The summed E-state index contributed by atoms with van der Waals surface area (Å²) in [7, 11) is 0. The maximum Gasteiger partial charge on any atom is 0.260 e. The van der Waals surface area contributed by atoms with Crippen LogP contribution in [0.5, 0.6) is 0 Å². The van der Waals surface area contributed by atoms with Gasteiger partial charge in [-0.2, -0.15) is 0 Å². The zero-order valence-corrected chi connectivity index (χ0v) is 17.5. The minimum Gasteiger partial charge on any atom is -0.345 e. The van der Waals surface area contributed by atoms with Crippen molar-refractivity contribution in [3.8, 4) is 10.4 Å². The van der Waals surface area contributed by atoms with Crippen molar-refractivity contribution in [2.24, 2.45) is 0 Å². The lowest BCUT2D eigenvalue weighted by molar-refractivity contribution is 0.0985. The number of halogens is 1. The van der Waals surface area contributed by atoms with Crippen LogP contribution in [0.3, 0.4) is 0 Å². The van der Waals surface area contributed by atoms with Crippen LogP contribution >= 0.6 is 22.9 Å². The summed E-state index contributed by atoms with van der Waals surface area (Å²) in [4.78, 5) is 17.8. The van der Waals surface area contributed by atoms with Gasteiger partial charge in [0.15, 0.2) is 0 Å². The first kappa shape index (κ1) is 18.2. The highest BCUT2D eigenvalue weighted by molar-refractivity contribution is 7.15. The molecule has 5 rings (SSSR count). The zero-order chi connectivity index (χ0) is 20.0. The van der Waals surface area contributed by atoms with Crippen molar-refractivity contribution in [2.75, 3.05) is 4.90 Å². The minimum absolute atomic E-state index is 0.0778. The minimum atomic E-state index is -0.0778. The van der Waals surface area contributed by atoms with Gasteiger partial charge in [0, 0.05) is 33.9 Å². The number of carbonyl (C=O) groups excluding carboxylic acids is 1. The zero-order valence-electron chi connectivity index (χ0n) is 15.9. The summed E-state index contributed by atoms with van der Waals surface area (Å²) in [5.41, 5.74) is 4.73. The van der Waals surface area contributed by atoms with Gasteiger partial charge >= 0.3 is 0 Å². The monoisotopic (exact) mass is 418 g/mol. The SMILES string of the molecule is Cc1ccc(-c2ccc(C(=O)N3Cc4cccn4Cc4ccccc43)c(Cl)c2)s1. The first-order valence-electron chi connectivity index (χ1n) is 9.50. The summed E-state index contributed by atoms with van der Waals surface area (Å²) in [5.74, 6) is -0.0778. The molecule has 2 aromatic carbocycles. The predicted molar refractivity (Wildman–Crippen MR) is 120 cm³/mol. The molecule has 2 aromatic heterocycles. The third-order valence-electron chi connectivity index (χ3n) is 5.34. The van der Waals surface area contributed by atoms with E-state index in [0.717, 1.165) is 33.9 Å². The number of thiophene rings is 1. The van der Waals surface area contributed by atoms with Crippen LogP contribution in [0.25, 0.3) is 10.4 Å². The molecule has 0 spiro atoms. The fourth-order valence-corrected chi connectivity index (χ4v) is 4.97. The average molecular weight is 419 g/mol. The van der Waals surface area contributed by atoms with E-state index in [2.05, 4.69) is 42.0 Å². The quantitative estimate of drug-likeness (QED) is 0.370. The van der Waals surface area contributed by atoms with Crippen molar-refractivity contribution >= 4 is 34.5 Å². The lowest BCUT2D eigenvalue weighted by Gasteiger charge is -2.23. The Morgan fingerprint density at radius 2 is 1.86 bits per heavy atom. The van der Waals surface area contributed by atoms with E-state index in [9.17, 15) is 4.79 Å². The van der Waals surface area contributed by atoms with Crippen molar-refractivity contribution in [2.45, 2.75) is 20.0 Å². The van der Waals surface area contributed by atoms with Crippen molar-refractivity contribution in [1.29, 1.82) is 0 Å². The van der Waals surface area contributed by atoms with E-state index >= 15 is 0 Å². The molecule has 0 saturated heterocycles. The van der Waals surface area contributed by atoms with E-state index in [1.807, 2.05) is 47.4 Å². The number of hydrogen-bond donors (Lipinski definition) is 0. The Bertz CT molecular complexity index is 1220. The van der Waals surface area contributed by atoms with Crippen LogP contribution in [0, 0.1) is 6.92 Å². The van der Waals surface area contributed by atoms with Gasteiger partial charge in [-0.3, -0.25) is 4.79 Å². The van der Waals surface area contributed by atoms with Gasteiger partial charge in [-0.15, -0.1) is 11.3 Å². The molecule has 1 amide bonds. The Morgan fingerprint density at radius 1 is 1.00 bits per heavy atom. The number of rotatable bonds is 2. The first-order valence-corrected chi connectivity index (χ1v) is 10.7. The molecule has 5 heteroatoms. The van der Waals surface area contributed by atoms with Crippen LogP contribution in [0.1, 0.15) is 26.5 Å². The molecule has 1 aliphatic heterocycles. The van der Waals surface area contributed by atoms with E-state index in [1.165, 1.54) is 4.88 Å². The molecular formula is C24H19ClN2OS. The number of anilines is 1. The highest BCUT2D eigenvalue weighted by atomic mass is 35.5. The number of aryl methyl sites for hydroxylation is 1. The maximum atomic E-state index is 13.6. The van der Waals surface area contributed by atoms with E-state index in [4.69, 9.17) is 11.6 Å². The van der Waals surface area contributed by atoms with Gasteiger partial charge in [-0.1, -0.05) is 35.9 Å². The fraction of sp³-hybridized carbons (Fsp3) is 0.125. The highest BCUT2D eigenvalue weighted by Gasteiger charge is 2.26. The van der Waals surface area contributed by atoms with Gasteiger partial charge in [-0.05, 0) is 60.5 Å². The van der Waals surface area contributed by atoms with Crippen molar-refractivity contribution < 1.29 is 4.79 Å². The molecular weight excluding hydrogens is 400 g/mol. The molecule has 4 aromatic rings. The van der Waals surface area contributed by atoms with Gasteiger partial charge in [0.2, 0.25) is 0 Å². The molecule has 3 heterocycles. The fourth-order valence-electron chi connectivity index (χ4n) is 3.84. The molecule has 3 nitrogen and oxygen atoms in total. The number of aromatic nitrogens is 1. The summed E-state index contributed by atoms with van der Waals surface area (Å²) in [6, 6.07) is 22.1. The second-order valence-corrected chi connectivity index (χ2v) is 8.95. The summed E-state index contributed by atoms with van der Waals surface area (Å²) in [6.45, 7) is 3.36. The molecule has 0 aliphatic carbocycles. The van der Waals surface area contributed by atoms with Crippen molar-refractivity contribution in [3.05, 3.63) is 99.6 Å². The van der Waals surface area contributed by atoms with Crippen molar-refractivity contribution in [3.63, 3.8) is 0 Å². The van der Waals surface area contributed by atoms with Crippen LogP contribution in [0.4, 0.5) is 5.69 Å². The standard InChI is InChI=1S/C24H19ClN2OS/c1-16-8-11-23(29-16)17-9-10-20(21(25)13-17)24(28)27-15-19-6-4-12-26(19)14-18-5-2-3-7-22(18)27/h2-13H,14-15H2,1H3. The van der Waals surface area contributed by atoms with Crippen LogP contribution < -0.4 is 4.90 Å². The van der Waals surface area contributed by atoms with Gasteiger partial charge in [-0.25, -0.2) is 0 Å². The lowest BCUT2D eigenvalue weighted by Crippen LogP contribution is -2.30. The summed E-state index contributed by atoms with van der Waals surface area (Å²) >= 11 is 8.32. The van der Waals surface area contributed by atoms with E-state index in [1.54, 1.807) is 11.3 Å². The third kappa shape index (κ3) is 3.28. The molecule has 0 atom stereocenters. The molecule has 29 heavy (non-hydrogen) atoms. The molecule has 0 saturated carbocycles. The number of amides is 1. The van der Waals surface area contributed by atoms with Crippen LogP contribution in [0.15, 0.2) is 72.9 Å². The molecule has 0 radical (unpaired) electrons. The Balaban J connectivity index is 1.55. The molecule has 0 unspecified atom stereocenters. The molecule has 1 aliphatic rings. The Labute approximate surface area is 178 Å². The number of carbonyl (C=O) groups is 1. The van der Waals surface area contributed by atoms with Crippen LogP contribution in [-0.4, -0.2) is 10.5 Å². The number of hydrogen-bond acceptors (Lipinski definition) is 2. The van der Waals surface area contributed by atoms with Gasteiger partial charge in [0.25, 0.3) is 5.91 Å². The van der Waals surface area contributed by atoms with Crippen molar-refractivity contribution in [1.82, 2.24) is 4.57 Å². The molecule has 0 fully saturated rings. The topological polar surface area (TPSA) is 25.2 Å². The molecule has 144 valence electrons. The second-order valence-electron chi connectivity index (χ2n) is 7.25.